The Morgan fingerprint density at radius 3 is 2.81 bits per heavy atom. The van der Waals surface area contributed by atoms with Gasteiger partial charge in [0.25, 0.3) is 0 Å². The highest BCUT2D eigenvalue weighted by atomic mass is 19.1. The van der Waals surface area contributed by atoms with Crippen molar-refractivity contribution in [2.45, 2.75) is 20.3 Å². The van der Waals surface area contributed by atoms with E-state index in [2.05, 4.69) is 17.2 Å². The van der Waals surface area contributed by atoms with Crippen LogP contribution in [-0.2, 0) is 0 Å². The molecule has 3 heteroatoms. The largest absolute Gasteiger partial charge is 0.370 e. The molecule has 0 aliphatic heterocycles. The van der Waals surface area contributed by atoms with Crippen LogP contribution in [0.25, 0.3) is 10.9 Å². The highest BCUT2D eigenvalue weighted by Crippen LogP contribution is 2.21. The van der Waals surface area contributed by atoms with Gasteiger partial charge in [0.05, 0.1) is 0 Å². The van der Waals surface area contributed by atoms with E-state index in [4.69, 9.17) is 0 Å². The smallest absolute Gasteiger partial charge is 0.149 e. The van der Waals surface area contributed by atoms with E-state index >= 15 is 0 Å². The van der Waals surface area contributed by atoms with Crippen LogP contribution in [0.3, 0.4) is 0 Å². The number of benzene rings is 1. The number of hydrogen-bond acceptors (Lipinski definition) is 2. The van der Waals surface area contributed by atoms with Gasteiger partial charge in [-0.1, -0.05) is 13.0 Å². The van der Waals surface area contributed by atoms with Gasteiger partial charge in [-0.25, -0.2) is 9.37 Å². The predicted octanol–water partition coefficient (Wildman–Crippen LogP) is 3.50. The van der Waals surface area contributed by atoms with Gasteiger partial charge in [-0.3, -0.25) is 0 Å². The number of halogens is 1. The van der Waals surface area contributed by atoms with Crippen LogP contribution in [-0.4, -0.2) is 11.5 Å². The molecule has 0 saturated carbocycles. The Morgan fingerprint density at radius 1 is 1.25 bits per heavy atom. The maximum atomic E-state index is 13.6. The van der Waals surface area contributed by atoms with E-state index in [-0.39, 0.29) is 5.82 Å². The lowest BCUT2D eigenvalue weighted by Crippen LogP contribution is -2.02. The summed E-state index contributed by atoms with van der Waals surface area (Å²) in [6.07, 6.45) is 1.02. The summed E-state index contributed by atoms with van der Waals surface area (Å²) in [6.45, 7) is 4.90. The minimum Gasteiger partial charge on any atom is -0.370 e. The Bertz CT molecular complexity index is 509. The van der Waals surface area contributed by atoms with Crippen LogP contribution in [0.15, 0.2) is 24.3 Å². The first-order valence-electron chi connectivity index (χ1n) is 5.52. The van der Waals surface area contributed by atoms with Crippen LogP contribution in [0.4, 0.5) is 10.2 Å². The molecule has 0 aliphatic carbocycles. The molecular formula is C13H15FN2. The van der Waals surface area contributed by atoms with Gasteiger partial charge in [-0.2, -0.15) is 0 Å². The molecule has 0 radical (unpaired) electrons. The first-order chi connectivity index (χ1) is 7.72. The molecule has 0 spiro atoms. The first-order valence-corrected chi connectivity index (χ1v) is 5.52. The van der Waals surface area contributed by atoms with Crippen molar-refractivity contribution in [3.63, 3.8) is 0 Å². The van der Waals surface area contributed by atoms with Crippen molar-refractivity contribution in [2.75, 3.05) is 11.9 Å². The van der Waals surface area contributed by atoms with E-state index in [1.165, 1.54) is 6.07 Å². The van der Waals surface area contributed by atoms with Crippen molar-refractivity contribution in [3.8, 4) is 0 Å². The minimum absolute atomic E-state index is 0.263. The maximum Gasteiger partial charge on any atom is 0.149 e. The molecule has 0 fully saturated rings. The summed E-state index contributed by atoms with van der Waals surface area (Å²) < 4.78 is 13.6. The number of nitrogens with zero attached hydrogens (tertiary/aromatic N) is 1. The lowest BCUT2D eigenvalue weighted by Gasteiger charge is -2.07. The average Bonchev–Trinajstić information content (AvgIpc) is 2.31. The molecule has 0 atom stereocenters. The third kappa shape index (κ3) is 1.98. The summed E-state index contributed by atoms with van der Waals surface area (Å²) in [5.41, 5.74) is 1.49. The van der Waals surface area contributed by atoms with E-state index in [9.17, 15) is 4.39 Å². The normalized spacial score (nSPS) is 10.7. The molecule has 0 aliphatic rings. The second kappa shape index (κ2) is 4.47. The Balaban J connectivity index is 2.48. The van der Waals surface area contributed by atoms with Gasteiger partial charge in [0.2, 0.25) is 0 Å². The lowest BCUT2D eigenvalue weighted by atomic mass is 10.1. The van der Waals surface area contributed by atoms with Gasteiger partial charge in [0, 0.05) is 11.9 Å². The van der Waals surface area contributed by atoms with Crippen molar-refractivity contribution in [1.82, 2.24) is 4.98 Å². The number of fused-ring (bicyclic) bond motifs is 1. The molecule has 0 bridgehead atoms. The van der Waals surface area contributed by atoms with Crippen LogP contribution in [0.2, 0.25) is 0 Å². The second-order valence-corrected chi connectivity index (χ2v) is 3.88. The molecule has 2 rings (SSSR count). The van der Waals surface area contributed by atoms with E-state index in [1.807, 2.05) is 19.1 Å². The number of aryl methyl sites for hydroxylation is 1. The summed E-state index contributed by atoms with van der Waals surface area (Å²) in [5.74, 6) is 0.472. The summed E-state index contributed by atoms with van der Waals surface area (Å²) in [5, 5.41) is 4.03. The molecule has 1 aromatic heterocycles. The van der Waals surface area contributed by atoms with Gasteiger partial charge in [0.1, 0.15) is 17.2 Å². The molecule has 1 N–H and O–H groups in total. The van der Waals surface area contributed by atoms with E-state index in [0.29, 0.717) is 5.52 Å². The van der Waals surface area contributed by atoms with E-state index in [0.717, 1.165) is 29.7 Å². The summed E-state index contributed by atoms with van der Waals surface area (Å²) in [7, 11) is 0. The molecule has 0 unspecified atom stereocenters. The fraction of sp³-hybridized carbons (Fsp3) is 0.308. The maximum absolute atomic E-state index is 13.6. The van der Waals surface area contributed by atoms with E-state index in [1.54, 1.807) is 6.07 Å². The highest BCUT2D eigenvalue weighted by molar-refractivity contribution is 5.84. The van der Waals surface area contributed by atoms with Crippen molar-refractivity contribution in [1.29, 1.82) is 0 Å². The monoisotopic (exact) mass is 218 g/mol. The van der Waals surface area contributed by atoms with E-state index < -0.39 is 0 Å². The Hall–Kier alpha value is -1.64. The average molecular weight is 218 g/mol. The summed E-state index contributed by atoms with van der Waals surface area (Å²) >= 11 is 0. The zero-order chi connectivity index (χ0) is 11.5. The number of rotatable bonds is 3. The minimum atomic E-state index is -0.263. The molecule has 1 heterocycles. The number of aromatic nitrogens is 1. The van der Waals surface area contributed by atoms with Crippen LogP contribution in [0.5, 0.6) is 0 Å². The number of pyridine rings is 1. The van der Waals surface area contributed by atoms with Gasteiger partial charge >= 0.3 is 0 Å². The molecule has 2 nitrogen and oxygen atoms in total. The Morgan fingerprint density at radius 2 is 2.06 bits per heavy atom. The molecule has 0 saturated heterocycles. The van der Waals surface area contributed by atoms with Gasteiger partial charge in [0.15, 0.2) is 0 Å². The number of nitrogens with one attached hydrogen (secondary N) is 1. The van der Waals surface area contributed by atoms with Gasteiger partial charge in [-0.15, -0.1) is 0 Å². The standard InChI is InChI=1S/C13H15FN2/c1-3-8-15-12-7-5-10-9(2)4-6-11(14)13(10)16-12/h4-7H,3,8H2,1-2H3,(H,15,16). The lowest BCUT2D eigenvalue weighted by molar-refractivity contribution is 0.636. The van der Waals surface area contributed by atoms with Crippen LogP contribution in [0, 0.1) is 12.7 Å². The Kier molecular flexibility index (Phi) is 3.04. The zero-order valence-electron chi connectivity index (χ0n) is 9.55. The highest BCUT2D eigenvalue weighted by Gasteiger charge is 2.05. The molecule has 84 valence electrons. The van der Waals surface area contributed by atoms with Crippen LogP contribution < -0.4 is 5.32 Å². The molecular weight excluding hydrogens is 203 g/mol. The third-order valence-electron chi connectivity index (χ3n) is 2.58. The first kappa shape index (κ1) is 10.9. The quantitative estimate of drug-likeness (QED) is 0.852. The molecule has 0 amide bonds. The number of anilines is 1. The SMILES string of the molecule is CCCNc1ccc2c(C)ccc(F)c2n1. The van der Waals surface area contributed by atoms with Crippen LogP contribution in [0.1, 0.15) is 18.9 Å². The number of hydrogen-bond donors (Lipinski definition) is 1. The fourth-order valence-corrected chi connectivity index (χ4v) is 1.68. The van der Waals surface area contributed by atoms with Crippen molar-refractivity contribution in [3.05, 3.63) is 35.6 Å². The van der Waals surface area contributed by atoms with Gasteiger partial charge in [-0.05, 0) is 37.1 Å². The third-order valence-corrected chi connectivity index (χ3v) is 2.58. The van der Waals surface area contributed by atoms with Crippen molar-refractivity contribution >= 4 is 16.7 Å². The Labute approximate surface area is 94.5 Å². The zero-order valence-corrected chi connectivity index (χ0v) is 9.55. The van der Waals surface area contributed by atoms with Gasteiger partial charge < -0.3 is 5.32 Å². The molecule has 16 heavy (non-hydrogen) atoms. The molecule has 1 aromatic carbocycles. The van der Waals surface area contributed by atoms with Crippen LogP contribution >= 0.6 is 0 Å². The second-order valence-electron chi connectivity index (χ2n) is 3.88. The fourth-order valence-electron chi connectivity index (χ4n) is 1.68. The summed E-state index contributed by atoms with van der Waals surface area (Å²) in [4.78, 5) is 4.29. The topological polar surface area (TPSA) is 24.9 Å². The van der Waals surface area contributed by atoms with Crippen molar-refractivity contribution in [2.24, 2.45) is 0 Å². The summed E-state index contributed by atoms with van der Waals surface area (Å²) in [6, 6.07) is 7.05. The predicted molar refractivity (Wildman–Crippen MR) is 65.2 cm³/mol. The van der Waals surface area contributed by atoms with Crippen molar-refractivity contribution < 1.29 is 4.39 Å². The molecule has 2 aromatic rings.